The first kappa shape index (κ1) is 11.9. The van der Waals surface area contributed by atoms with E-state index < -0.39 is 0 Å². The normalized spacial score (nSPS) is 18.5. The predicted molar refractivity (Wildman–Crippen MR) is 61.6 cm³/mol. The molecular formula is C10H20N2OS. The molecule has 0 aliphatic carbocycles. The van der Waals surface area contributed by atoms with Crippen molar-refractivity contribution < 1.29 is 4.79 Å². The fourth-order valence-electron chi connectivity index (χ4n) is 1.42. The topological polar surface area (TPSA) is 41.1 Å². The highest BCUT2D eigenvalue weighted by molar-refractivity contribution is 7.99. The average Bonchev–Trinajstić information content (AvgIpc) is 2.16. The fourth-order valence-corrected chi connectivity index (χ4v) is 2.52. The molecule has 3 nitrogen and oxygen atoms in total. The summed E-state index contributed by atoms with van der Waals surface area (Å²) in [5, 5.41) is 6.18. The van der Waals surface area contributed by atoms with Crippen molar-refractivity contribution in [2.24, 2.45) is 0 Å². The molecule has 1 heterocycles. The fraction of sp³-hybridized carbons (Fsp3) is 0.900. The van der Waals surface area contributed by atoms with Gasteiger partial charge in [0.05, 0.1) is 6.54 Å². The summed E-state index contributed by atoms with van der Waals surface area (Å²) < 4.78 is 0. The van der Waals surface area contributed by atoms with Crippen LogP contribution < -0.4 is 10.6 Å². The highest BCUT2D eigenvalue weighted by Crippen LogP contribution is 2.16. The van der Waals surface area contributed by atoms with Gasteiger partial charge < -0.3 is 10.6 Å². The van der Waals surface area contributed by atoms with Crippen LogP contribution in [0.1, 0.15) is 26.7 Å². The molecule has 0 aromatic carbocycles. The molecule has 1 rings (SSSR count). The Balaban J connectivity index is 2.12. The number of carbonyl (C=O) groups excluding carboxylic acids is 1. The third-order valence-corrected chi connectivity index (χ3v) is 3.31. The van der Waals surface area contributed by atoms with Crippen molar-refractivity contribution in [1.82, 2.24) is 10.6 Å². The standard InChI is InChI=1S/C10H20N2OS/c1-8(2)11-7-10(13)12-9-3-5-14-6-4-9/h8-9,11H,3-7H2,1-2H3,(H,12,13). The van der Waals surface area contributed by atoms with Crippen LogP contribution in [0.25, 0.3) is 0 Å². The highest BCUT2D eigenvalue weighted by Gasteiger charge is 2.15. The number of hydrogen-bond acceptors (Lipinski definition) is 3. The van der Waals surface area contributed by atoms with Gasteiger partial charge in [-0.2, -0.15) is 11.8 Å². The van der Waals surface area contributed by atoms with E-state index in [1.54, 1.807) is 0 Å². The van der Waals surface area contributed by atoms with E-state index in [9.17, 15) is 4.79 Å². The first-order chi connectivity index (χ1) is 6.68. The van der Waals surface area contributed by atoms with Gasteiger partial charge in [-0.1, -0.05) is 13.8 Å². The Morgan fingerprint density at radius 2 is 2.07 bits per heavy atom. The van der Waals surface area contributed by atoms with Gasteiger partial charge in [-0.3, -0.25) is 4.79 Å². The van der Waals surface area contributed by atoms with Crippen LogP contribution in [0.4, 0.5) is 0 Å². The molecule has 1 amide bonds. The monoisotopic (exact) mass is 216 g/mol. The van der Waals surface area contributed by atoms with E-state index in [1.165, 1.54) is 11.5 Å². The second-order valence-corrected chi connectivity index (χ2v) is 5.21. The largest absolute Gasteiger partial charge is 0.352 e. The Kier molecular flexibility index (Phi) is 5.33. The number of hydrogen-bond donors (Lipinski definition) is 2. The molecule has 1 fully saturated rings. The molecule has 0 aromatic rings. The Morgan fingerprint density at radius 3 is 2.64 bits per heavy atom. The Labute approximate surface area is 90.4 Å². The second kappa shape index (κ2) is 6.30. The molecule has 0 aromatic heterocycles. The molecule has 0 atom stereocenters. The van der Waals surface area contributed by atoms with Crippen LogP contribution in [-0.4, -0.2) is 36.0 Å². The maximum absolute atomic E-state index is 11.4. The molecule has 82 valence electrons. The van der Waals surface area contributed by atoms with Gasteiger partial charge in [0, 0.05) is 12.1 Å². The lowest BCUT2D eigenvalue weighted by Crippen LogP contribution is -2.43. The van der Waals surface area contributed by atoms with Gasteiger partial charge in [-0.15, -0.1) is 0 Å². The molecule has 2 N–H and O–H groups in total. The van der Waals surface area contributed by atoms with Crippen LogP contribution in [0, 0.1) is 0 Å². The van der Waals surface area contributed by atoms with Crippen LogP contribution in [0.5, 0.6) is 0 Å². The number of rotatable bonds is 4. The van der Waals surface area contributed by atoms with E-state index in [-0.39, 0.29) is 5.91 Å². The van der Waals surface area contributed by atoms with Crippen LogP contribution in [0.2, 0.25) is 0 Å². The minimum Gasteiger partial charge on any atom is -0.352 e. The van der Waals surface area contributed by atoms with Crippen molar-refractivity contribution in [1.29, 1.82) is 0 Å². The Hall–Kier alpha value is -0.220. The Bertz CT molecular complexity index is 179. The summed E-state index contributed by atoms with van der Waals surface area (Å²) in [6.07, 6.45) is 2.25. The predicted octanol–water partition coefficient (Wildman–Crippen LogP) is 0.996. The smallest absolute Gasteiger partial charge is 0.234 e. The zero-order valence-electron chi connectivity index (χ0n) is 9.01. The minimum absolute atomic E-state index is 0.135. The van der Waals surface area contributed by atoms with Gasteiger partial charge in [0.15, 0.2) is 0 Å². The molecular weight excluding hydrogens is 196 g/mol. The van der Waals surface area contributed by atoms with Crippen LogP contribution in [-0.2, 0) is 4.79 Å². The minimum atomic E-state index is 0.135. The number of amides is 1. The zero-order chi connectivity index (χ0) is 10.4. The SMILES string of the molecule is CC(C)NCC(=O)NC1CCSCC1. The molecule has 0 unspecified atom stereocenters. The lowest BCUT2D eigenvalue weighted by Gasteiger charge is -2.22. The van der Waals surface area contributed by atoms with Crippen molar-refractivity contribution >= 4 is 17.7 Å². The Morgan fingerprint density at radius 1 is 1.43 bits per heavy atom. The van der Waals surface area contributed by atoms with Gasteiger partial charge >= 0.3 is 0 Å². The quantitative estimate of drug-likeness (QED) is 0.736. The van der Waals surface area contributed by atoms with E-state index in [4.69, 9.17) is 0 Å². The maximum Gasteiger partial charge on any atom is 0.234 e. The summed E-state index contributed by atoms with van der Waals surface area (Å²) in [6, 6.07) is 0.792. The van der Waals surface area contributed by atoms with Crippen molar-refractivity contribution in [2.75, 3.05) is 18.1 Å². The average molecular weight is 216 g/mol. The van der Waals surface area contributed by atoms with Gasteiger partial charge in [0.25, 0.3) is 0 Å². The van der Waals surface area contributed by atoms with Gasteiger partial charge in [0.2, 0.25) is 5.91 Å². The molecule has 0 radical (unpaired) electrons. The summed E-state index contributed by atoms with van der Waals surface area (Å²) in [4.78, 5) is 11.4. The summed E-state index contributed by atoms with van der Waals surface area (Å²) in [5.41, 5.74) is 0. The third-order valence-electron chi connectivity index (χ3n) is 2.26. The van der Waals surface area contributed by atoms with E-state index in [0.717, 1.165) is 12.8 Å². The lowest BCUT2D eigenvalue weighted by molar-refractivity contribution is -0.121. The van der Waals surface area contributed by atoms with Crippen molar-refractivity contribution in [2.45, 2.75) is 38.8 Å². The molecule has 1 aliphatic rings. The maximum atomic E-state index is 11.4. The molecule has 1 aliphatic heterocycles. The number of nitrogens with one attached hydrogen (secondary N) is 2. The van der Waals surface area contributed by atoms with Crippen LogP contribution in [0.15, 0.2) is 0 Å². The molecule has 0 bridgehead atoms. The first-order valence-electron chi connectivity index (χ1n) is 5.29. The molecule has 4 heteroatoms. The number of carbonyl (C=O) groups is 1. The third kappa shape index (κ3) is 4.86. The van der Waals surface area contributed by atoms with E-state index in [2.05, 4.69) is 10.6 Å². The summed E-state index contributed by atoms with van der Waals surface area (Å²) >= 11 is 1.98. The molecule has 1 saturated heterocycles. The molecule has 0 saturated carbocycles. The first-order valence-corrected chi connectivity index (χ1v) is 6.44. The summed E-state index contributed by atoms with van der Waals surface area (Å²) in [6.45, 7) is 4.54. The van der Waals surface area contributed by atoms with Crippen LogP contribution >= 0.6 is 11.8 Å². The highest BCUT2D eigenvalue weighted by atomic mass is 32.2. The molecule has 0 spiro atoms. The van der Waals surface area contributed by atoms with Crippen molar-refractivity contribution in [3.63, 3.8) is 0 Å². The second-order valence-electron chi connectivity index (χ2n) is 3.99. The zero-order valence-corrected chi connectivity index (χ0v) is 9.82. The lowest BCUT2D eigenvalue weighted by atomic mass is 10.1. The number of thioether (sulfide) groups is 1. The van der Waals surface area contributed by atoms with Crippen molar-refractivity contribution in [3.8, 4) is 0 Å². The van der Waals surface area contributed by atoms with E-state index >= 15 is 0 Å². The summed E-state index contributed by atoms with van der Waals surface area (Å²) in [5.74, 6) is 2.50. The van der Waals surface area contributed by atoms with Gasteiger partial charge in [-0.25, -0.2) is 0 Å². The van der Waals surface area contributed by atoms with Crippen LogP contribution in [0.3, 0.4) is 0 Å². The van der Waals surface area contributed by atoms with Crippen molar-refractivity contribution in [3.05, 3.63) is 0 Å². The molecule has 14 heavy (non-hydrogen) atoms. The van der Waals surface area contributed by atoms with Gasteiger partial charge in [-0.05, 0) is 24.3 Å². The van der Waals surface area contributed by atoms with Gasteiger partial charge in [0.1, 0.15) is 0 Å². The van der Waals surface area contributed by atoms with E-state index in [0.29, 0.717) is 18.6 Å². The summed E-state index contributed by atoms with van der Waals surface area (Å²) in [7, 11) is 0. The van der Waals surface area contributed by atoms with E-state index in [1.807, 2.05) is 25.6 Å².